The number of esters is 1. The van der Waals surface area contributed by atoms with E-state index in [0.29, 0.717) is 23.9 Å². The van der Waals surface area contributed by atoms with Gasteiger partial charge in [0.05, 0.1) is 33.9 Å². The van der Waals surface area contributed by atoms with Crippen LogP contribution in [-0.4, -0.2) is 51.9 Å². The van der Waals surface area contributed by atoms with Crippen molar-refractivity contribution < 1.29 is 23.7 Å². The fraction of sp³-hybridized carbons (Fsp3) is 0.611. The van der Waals surface area contributed by atoms with Crippen LogP contribution in [0.15, 0.2) is 12.1 Å². The molecule has 0 atom stereocenters. The Balaban J connectivity index is 2.01. The minimum atomic E-state index is -0.0649. The van der Waals surface area contributed by atoms with E-state index in [1.165, 1.54) is 0 Å². The highest BCUT2D eigenvalue weighted by Gasteiger charge is 2.26. The maximum absolute atomic E-state index is 11.8. The van der Waals surface area contributed by atoms with Crippen molar-refractivity contribution in [2.75, 3.05) is 41.0 Å². The molecule has 0 aliphatic carbocycles. The van der Waals surface area contributed by atoms with Crippen molar-refractivity contribution in [2.45, 2.75) is 26.3 Å². The van der Waals surface area contributed by atoms with Gasteiger partial charge in [-0.2, -0.15) is 0 Å². The molecule has 0 saturated carbocycles. The minimum Gasteiger partial charge on any atom is -0.493 e. The lowest BCUT2D eigenvalue weighted by Gasteiger charge is -2.31. The predicted octanol–water partition coefficient (Wildman–Crippen LogP) is 2.49. The van der Waals surface area contributed by atoms with Gasteiger partial charge in [-0.25, -0.2) is 0 Å². The number of ether oxygens (including phenoxy) is 4. The second-order valence-corrected chi connectivity index (χ2v) is 5.84. The smallest absolute Gasteiger partial charge is 0.309 e. The van der Waals surface area contributed by atoms with E-state index in [4.69, 9.17) is 18.9 Å². The zero-order valence-electron chi connectivity index (χ0n) is 15.0. The van der Waals surface area contributed by atoms with E-state index in [1.54, 1.807) is 21.3 Å². The first-order valence-corrected chi connectivity index (χ1v) is 8.30. The minimum absolute atomic E-state index is 0.0288. The van der Waals surface area contributed by atoms with Gasteiger partial charge < -0.3 is 18.9 Å². The quantitative estimate of drug-likeness (QED) is 0.713. The van der Waals surface area contributed by atoms with E-state index in [0.717, 1.165) is 38.0 Å². The molecule has 134 valence electrons. The van der Waals surface area contributed by atoms with E-state index < -0.39 is 0 Å². The molecule has 1 fully saturated rings. The van der Waals surface area contributed by atoms with E-state index in [2.05, 4.69) is 4.90 Å². The molecule has 24 heavy (non-hydrogen) atoms. The second-order valence-electron chi connectivity index (χ2n) is 5.84. The Hall–Kier alpha value is -1.95. The Morgan fingerprint density at radius 2 is 1.67 bits per heavy atom. The number of hydrogen-bond donors (Lipinski definition) is 0. The zero-order chi connectivity index (χ0) is 17.5. The highest BCUT2D eigenvalue weighted by molar-refractivity contribution is 5.72. The molecular formula is C18H27NO5. The zero-order valence-corrected chi connectivity index (χ0v) is 15.0. The molecule has 1 heterocycles. The molecule has 6 nitrogen and oxygen atoms in total. The molecule has 0 radical (unpaired) electrons. The molecular weight excluding hydrogens is 310 g/mol. The van der Waals surface area contributed by atoms with Gasteiger partial charge in [0.15, 0.2) is 11.5 Å². The van der Waals surface area contributed by atoms with Crippen molar-refractivity contribution in [3.8, 4) is 17.2 Å². The van der Waals surface area contributed by atoms with Crippen LogP contribution in [0, 0.1) is 5.92 Å². The Morgan fingerprint density at radius 1 is 1.08 bits per heavy atom. The third-order valence-electron chi connectivity index (χ3n) is 4.34. The fourth-order valence-corrected chi connectivity index (χ4v) is 3.07. The van der Waals surface area contributed by atoms with Crippen LogP contribution in [0.5, 0.6) is 17.2 Å². The van der Waals surface area contributed by atoms with Crippen molar-refractivity contribution in [1.29, 1.82) is 0 Å². The summed E-state index contributed by atoms with van der Waals surface area (Å²) in [7, 11) is 4.83. The number of benzene rings is 1. The van der Waals surface area contributed by atoms with Gasteiger partial charge in [0.25, 0.3) is 0 Å². The third-order valence-corrected chi connectivity index (χ3v) is 4.34. The van der Waals surface area contributed by atoms with Gasteiger partial charge in [-0.1, -0.05) is 0 Å². The Morgan fingerprint density at radius 3 is 2.12 bits per heavy atom. The SMILES string of the molecule is CCOC(=O)C1CCN(Cc2cc(OC)c(OC)c(OC)c2)CC1. The number of carbonyl (C=O) groups is 1. The van der Waals surface area contributed by atoms with Gasteiger partial charge in [0.1, 0.15) is 0 Å². The Labute approximate surface area is 143 Å². The molecule has 6 heteroatoms. The summed E-state index contributed by atoms with van der Waals surface area (Å²) in [5.74, 6) is 1.89. The summed E-state index contributed by atoms with van der Waals surface area (Å²) in [5, 5.41) is 0. The van der Waals surface area contributed by atoms with E-state index in [9.17, 15) is 4.79 Å². The largest absolute Gasteiger partial charge is 0.493 e. The molecule has 1 aromatic carbocycles. The molecule has 0 amide bonds. The van der Waals surface area contributed by atoms with Gasteiger partial charge in [-0.05, 0) is 50.6 Å². The fourth-order valence-electron chi connectivity index (χ4n) is 3.07. The molecule has 1 saturated heterocycles. The van der Waals surface area contributed by atoms with Crippen LogP contribution < -0.4 is 14.2 Å². The number of hydrogen-bond acceptors (Lipinski definition) is 6. The van der Waals surface area contributed by atoms with Crippen molar-refractivity contribution >= 4 is 5.97 Å². The van der Waals surface area contributed by atoms with Crippen molar-refractivity contribution in [2.24, 2.45) is 5.92 Å². The van der Waals surface area contributed by atoms with Crippen LogP contribution in [-0.2, 0) is 16.1 Å². The lowest BCUT2D eigenvalue weighted by molar-refractivity contribution is -0.149. The number of piperidine rings is 1. The lowest BCUT2D eigenvalue weighted by Crippen LogP contribution is -2.36. The van der Waals surface area contributed by atoms with Crippen molar-refractivity contribution in [3.05, 3.63) is 17.7 Å². The van der Waals surface area contributed by atoms with Gasteiger partial charge in [0.2, 0.25) is 5.75 Å². The van der Waals surface area contributed by atoms with E-state index >= 15 is 0 Å². The molecule has 0 spiro atoms. The monoisotopic (exact) mass is 337 g/mol. The van der Waals surface area contributed by atoms with Gasteiger partial charge in [-0.3, -0.25) is 9.69 Å². The number of carbonyl (C=O) groups excluding carboxylic acids is 1. The molecule has 0 bridgehead atoms. The molecule has 1 aliphatic rings. The van der Waals surface area contributed by atoms with Crippen LogP contribution in [0.25, 0.3) is 0 Å². The van der Waals surface area contributed by atoms with Crippen LogP contribution in [0.1, 0.15) is 25.3 Å². The normalized spacial score (nSPS) is 15.8. The molecule has 0 N–H and O–H groups in total. The second kappa shape index (κ2) is 8.78. The highest BCUT2D eigenvalue weighted by atomic mass is 16.5. The summed E-state index contributed by atoms with van der Waals surface area (Å²) in [4.78, 5) is 14.1. The van der Waals surface area contributed by atoms with E-state index in [-0.39, 0.29) is 11.9 Å². The van der Waals surface area contributed by atoms with E-state index in [1.807, 2.05) is 19.1 Å². The summed E-state index contributed by atoms with van der Waals surface area (Å²) < 4.78 is 21.3. The van der Waals surface area contributed by atoms with Crippen LogP contribution in [0.4, 0.5) is 0 Å². The van der Waals surface area contributed by atoms with Crippen LogP contribution in [0.2, 0.25) is 0 Å². The topological polar surface area (TPSA) is 57.2 Å². The highest BCUT2D eigenvalue weighted by Crippen LogP contribution is 2.38. The summed E-state index contributed by atoms with van der Waals surface area (Å²) in [6.45, 7) is 4.83. The van der Waals surface area contributed by atoms with Crippen molar-refractivity contribution in [1.82, 2.24) is 4.90 Å². The van der Waals surface area contributed by atoms with Crippen LogP contribution >= 0.6 is 0 Å². The summed E-state index contributed by atoms with van der Waals surface area (Å²) in [5.41, 5.74) is 1.10. The first kappa shape index (κ1) is 18.4. The predicted molar refractivity (Wildman–Crippen MR) is 90.7 cm³/mol. The number of nitrogens with zero attached hydrogens (tertiary/aromatic N) is 1. The molecule has 1 aliphatic heterocycles. The van der Waals surface area contributed by atoms with Crippen molar-refractivity contribution in [3.63, 3.8) is 0 Å². The van der Waals surface area contributed by atoms with Gasteiger partial charge in [0, 0.05) is 6.54 Å². The number of likely N-dealkylation sites (tertiary alicyclic amines) is 1. The first-order valence-electron chi connectivity index (χ1n) is 8.30. The maximum Gasteiger partial charge on any atom is 0.309 e. The molecule has 2 rings (SSSR count). The Kier molecular flexibility index (Phi) is 6.73. The molecule has 1 aromatic rings. The average Bonchev–Trinajstić information content (AvgIpc) is 2.61. The first-order chi connectivity index (χ1) is 11.6. The van der Waals surface area contributed by atoms with Gasteiger partial charge >= 0.3 is 5.97 Å². The lowest BCUT2D eigenvalue weighted by atomic mass is 9.96. The van der Waals surface area contributed by atoms with Crippen LogP contribution in [0.3, 0.4) is 0 Å². The Bertz CT molecular complexity index is 527. The maximum atomic E-state index is 11.8. The molecule has 0 aromatic heterocycles. The standard InChI is InChI=1S/C18H27NO5/c1-5-24-18(20)14-6-8-19(9-7-14)12-13-10-15(21-2)17(23-4)16(11-13)22-3/h10-11,14H,5-9,12H2,1-4H3. The third kappa shape index (κ3) is 4.32. The summed E-state index contributed by atoms with van der Waals surface area (Å²) >= 11 is 0. The summed E-state index contributed by atoms with van der Waals surface area (Å²) in [6.07, 6.45) is 1.67. The number of methoxy groups -OCH3 is 3. The molecule has 0 unspecified atom stereocenters. The number of rotatable bonds is 7. The average molecular weight is 337 g/mol. The summed E-state index contributed by atoms with van der Waals surface area (Å²) in [6, 6.07) is 3.94. The van der Waals surface area contributed by atoms with Gasteiger partial charge in [-0.15, -0.1) is 0 Å².